The Bertz CT molecular complexity index is 1240. The van der Waals surface area contributed by atoms with Crippen LogP contribution in [0.1, 0.15) is 38.8 Å². The Morgan fingerprint density at radius 1 is 0.941 bits per heavy atom. The fraction of sp³-hybridized carbons (Fsp3) is 0.263. The maximum Gasteiger partial charge on any atom is 0.339 e. The van der Waals surface area contributed by atoms with E-state index < -0.39 is 61.9 Å². The van der Waals surface area contributed by atoms with Crippen LogP contribution in [0.2, 0.25) is 0 Å². The molecule has 0 saturated carbocycles. The second-order valence-corrected chi connectivity index (χ2v) is 8.55. The quantitative estimate of drug-likeness (QED) is 0.216. The Morgan fingerprint density at radius 3 is 1.94 bits per heavy atom. The minimum atomic E-state index is -4.59. The predicted octanol–water partition coefficient (Wildman–Crippen LogP) is 1.83. The molecule has 34 heavy (non-hydrogen) atoms. The Balaban J connectivity index is 2.19. The van der Waals surface area contributed by atoms with E-state index in [1.54, 1.807) is 0 Å². The highest BCUT2D eigenvalue weighted by atomic mass is 32.2. The lowest BCUT2D eigenvalue weighted by molar-refractivity contribution is -0.385. The summed E-state index contributed by atoms with van der Waals surface area (Å²) in [7, 11) is -3.53. The Kier molecular flexibility index (Phi) is 8.34. The molecule has 182 valence electrons. The van der Waals surface area contributed by atoms with Crippen LogP contribution in [0.3, 0.4) is 0 Å². The lowest BCUT2D eigenvalue weighted by atomic mass is 10.1. The highest BCUT2D eigenvalue weighted by Gasteiger charge is 2.28. The second kappa shape index (κ2) is 10.8. The van der Waals surface area contributed by atoms with Crippen molar-refractivity contribution in [1.82, 2.24) is 0 Å². The van der Waals surface area contributed by atoms with Gasteiger partial charge in [0.1, 0.15) is 0 Å². The number of rotatable bonds is 10. The van der Waals surface area contributed by atoms with Crippen LogP contribution in [0.25, 0.3) is 0 Å². The van der Waals surface area contributed by atoms with Crippen molar-refractivity contribution < 1.29 is 46.6 Å². The van der Waals surface area contributed by atoms with Gasteiger partial charge in [0.2, 0.25) is 5.44 Å². The van der Waals surface area contributed by atoms with Crippen LogP contribution >= 0.6 is 0 Å². The molecule has 1 atom stereocenters. The summed E-state index contributed by atoms with van der Waals surface area (Å²) in [5, 5.41) is 31.3. The SMILES string of the molecule is COC(=O)c1cc(COS(=O)(=O)C(C)OC(=O)c2cc(CO)cc([N+](=O)[O-])c2)cc([N+](=O)[O-])c1. The zero-order valence-electron chi connectivity index (χ0n) is 17.7. The third kappa shape index (κ3) is 6.53. The summed E-state index contributed by atoms with van der Waals surface area (Å²) in [5.41, 5.74) is -3.51. The molecule has 0 aliphatic rings. The largest absolute Gasteiger partial charge is 0.465 e. The molecule has 2 aromatic rings. The summed E-state index contributed by atoms with van der Waals surface area (Å²) in [6.45, 7) is -0.387. The molecular weight excluding hydrogens is 480 g/mol. The fourth-order valence-electron chi connectivity index (χ4n) is 2.61. The number of nitro benzene ring substituents is 2. The number of ether oxygens (including phenoxy) is 2. The van der Waals surface area contributed by atoms with Crippen LogP contribution in [0.15, 0.2) is 36.4 Å². The van der Waals surface area contributed by atoms with Gasteiger partial charge >= 0.3 is 22.1 Å². The monoisotopic (exact) mass is 498 g/mol. The third-order valence-electron chi connectivity index (χ3n) is 4.29. The van der Waals surface area contributed by atoms with Crippen molar-refractivity contribution >= 4 is 33.4 Å². The highest BCUT2D eigenvalue weighted by molar-refractivity contribution is 7.87. The van der Waals surface area contributed by atoms with Gasteiger partial charge < -0.3 is 14.6 Å². The zero-order chi connectivity index (χ0) is 25.6. The van der Waals surface area contributed by atoms with Crippen molar-refractivity contribution in [3.8, 4) is 0 Å². The highest BCUT2D eigenvalue weighted by Crippen LogP contribution is 2.22. The second-order valence-electron chi connectivity index (χ2n) is 6.67. The van der Waals surface area contributed by atoms with Gasteiger partial charge in [0.05, 0.1) is 41.3 Å². The van der Waals surface area contributed by atoms with Gasteiger partial charge in [-0.25, -0.2) is 9.59 Å². The maximum absolute atomic E-state index is 12.4. The number of hydrogen-bond acceptors (Lipinski definition) is 12. The lowest BCUT2D eigenvalue weighted by Crippen LogP contribution is -2.26. The van der Waals surface area contributed by atoms with Gasteiger partial charge in [0, 0.05) is 24.3 Å². The van der Waals surface area contributed by atoms with E-state index in [9.17, 15) is 43.3 Å². The van der Waals surface area contributed by atoms with E-state index in [1.165, 1.54) is 0 Å². The smallest absolute Gasteiger partial charge is 0.339 e. The molecule has 14 nitrogen and oxygen atoms in total. The number of non-ortho nitro benzene ring substituents is 2. The van der Waals surface area contributed by atoms with E-state index in [1.807, 2.05) is 0 Å². The minimum absolute atomic E-state index is 0.0278. The number of carbonyl (C=O) groups excluding carboxylic acids is 2. The Labute approximate surface area is 192 Å². The molecule has 2 aromatic carbocycles. The number of aliphatic hydroxyl groups excluding tert-OH is 1. The van der Waals surface area contributed by atoms with Crippen molar-refractivity contribution in [2.45, 2.75) is 25.6 Å². The summed E-state index contributed by atoms with van der Waals surface area (Å²) in [4.78, 5) is 44.5. The molecule has 0 radical (unpaired) electrons. The van der Waals surface area contributed by atoms with Crippen LogP contribution in [0.4, 0.5) is 11.4 Å². The zero-order valence-corrected chi connectivity index (χ0v) is 18.5. The van der Waals surface area contributed by atoms with Crippen LogP contribution in [-0.4, -0.2) is 47.9 Å². The first-order valence-electron chi connectivity index (χ1n) is 9.23. The summed E-state index contributed by atoms with van der Waals surface area (Å²) in [6, 6.07) is 6.02. The van der Waals surface area contributed by atoms with Gasteiger partial charge in [-0.05, 0) is 30.2 Å². The van der Waals surface area contributed by atoms with Gasteiger partial charge in [-0.1, -0.05) is 0 Å². The molecule has 0 fully saturated rings. The molecular formula is C19H18N2O12S. The molecule has 1 unspecified atom stereocenters. The number of benzene rings is 2. The lowest BCUT2D eigenvalue weighted by Gasteiger charge is -2.14. The van der Waals surface area contributed by atoms with E-state index >= 15 is 0 Å². The molecule has 0 heterocycles. The maximum atomic E-state index is 12.4. The first-order chi connectivity index (χ1) is 15.9. The van der Waals surface area contributed by atoms with E-state index in [-0.39, 0.29) is 22.3 Å². The van der Waals surface area contributed by atoms with E-state index in [0.29, 0.717) is 0 Å². The van der Waals surface area contributed by atoms with Gasteiger partial charge in [-0.3, -0.25) is 24.4 Å². The van der Waals surface area contributed by atoms with Crippen molar-refractivity contribution in [1.29, 1.82) is 0 Å². The molecule has 0 bridgehead atoms. The van der Waals surface area contributed by atoms with Gasteiger partial charge in [0.25, 0.3) is 11.4 Å². The van der Waals surface area contributed by atoms with Crippen molar-refractivity contribution in [2.24, 2.45) is 0 Å². The minimum Gasteiger partial charge on any atom is -0.465 e. The number of hydrogen-bond donors (Lipinski definition) is 1. The third-order valence-corrected chi connectivity index (χ3v) is 5.64. The summed E-state index contributed by atoms with van der Waals surface area (Å²) < 4.78 is 38.9. The molecule has 0 saturated heterocycles. The summed E-state index contributed by atoms with van der Waals surface area (Å²) >= 11 is 0. The molecule has 0 aromatic heterocycles. The summed E-state index contributed by atoms with van der Waals surface area (Å²) in [5.74, 6) is -2.13. The van der Waals surface area contributed by atoms with Crippen LogP contribution in [-0.2, 0) is 37.0 Å². The average Bonchev–Trinajstić information content (AvgIpc) is 2.81. The number of methoxy groups -OCH3 is 1. The van der Waals surface area contributed by atoms with Crippen molar-refractivity contribution in [2.75, 3.05) is 7.11 Å². The van der Waals surface area contributed by atoms with Crippen LogP contribution in [0, 0.1) is 20.2 Å². The van der Waals surface area contributed by atoms with E-state index in [2.05, 4.69) is 4.74 Å². The molecule has 0 amide bonds. The molecule has 2 rings (SSSR count). The number of esters is 2. The van der Waals surface area contributed by atoms with Crippen molar-refractivity contribution in [3.05, 3.63) is 78.9 Å². The molecule has 0 aliphatic carbocycles. The summed E-state index contributed by atoms with van der Waals surface area (Å²) in [6.07, 6.45) is 0. The molecule has 0 aliphatic heterocycles. The fourth-order valence-corrected chi connectivity index (χ4v) is 3.31. The van der Waals surface area contributed by atoms with Gasteiger partial charge in [0.15, 0.2) is 0 Å². The molecule has 0 spiro atoms. The number of nitro groups is 2. The number of nitrogens with zero attached hydrogens (tertiary/aromatic N) is 2. The van der Waals surface area contributed by atoms with E-state index in [4.69, 9.17) is 8.92 Å². The van der Waals surface area contributed by atoms with Gasteiger partial charge in [-0.2, -0.15) is 8.42 Å². The van der Waals surface area contributed by atoms with Crippen LogP contribution < -0.4 is 0 Å². The van der Waals surface area contributed by atoms with E-state index in [0.717, 1.165) is 50.4 Å². The van der Waals surface area contributed by atoms with Crippen LogP contribution in [0.5, 0.6) is 0 Å². The molecule has 1 N–H and O–H groups in total. The molecule has 15 heteroatoms. The normalized spacial score (nSPS) is 12.0. The Morgan fingerprint density at radius 2 is 1.44 bits per heavy atom. The number of aliphatic hydroxyl groups is 1. The first kappa shape index (κ1) is 26.3. The predicted molar refractivity (Wildman–Crippen MR) is 112 cm³/mol. The van der Waals surface area contributed by atoms with Gasteiger partial charge in [-0.15, -0.1) is 0 Å². The van der Waals surface area contributed by atoms with Crippen molar-refractivity contribution in [3.63, 3.8) is 0 Å². The average molecular weight is 498 g/mol. The standard InChI is InChI=1S/C19H18N2O12S/c1-11(33-19(24)15-3-12(9-22)5-16(8-15)20(25)26)34(29,30)32-10-13-4-14(18(23)31-2)7-17(6-13)21(27)28/h3-8,11,22H,9-10H2,1-2H3. The number of carbonyl (C=O) groups is 2. The first-order valence-corrected chi connectivity index (χ1v) is 10.7. The topological polar surface area (TPSA) is 202 Å². The Hall–Kier alpha value is -3.95.